The average molecular weight is 258 g/mol. The molecule has 0 fully saturated rings. The number of hydrogen-bond donors (Lipinski definition) is 1. The molecule has 1 aromatic carbocycles. The van der Waals surface area contributed by atoms with Gasteiger partial charge in [-0.25, -0.2) is 4.98 Å². The lowest BCUT2D eigenvalue weighted by atomic mass is 10.2. The van der Waals surface area contributed by atoms with Crippen molar-refractivity contribution in [1.29, 1.82) is 0 Å². The fraction of sp³-hybridized carbons (Fsp3) is 0.0833. The third kappa shape index (κ3) is 3.32. The lowest BCUT2D eigenvalue weighted by Gasteiger charge is -2.00. The van der Waals surface area contributed by atoms with Crippen LogP contribution in [0.15, 0.2) is 52.8 Å². The maximum Gasteiger partial charge on any atom is 0.270 e. The molecule has 96 valence electrons. The second kappa shape index (κ2) is 5.67. The van der Waals surface area contributed by atoms with Crippen LogP contribution in [0.25, 0.3) is 0 Å². The zero-order chi connectivity index (χ0) is 13.7. The number of benzene rings is 1. The van der Waals surface area contributed by atoms with Crippen LogP contribution in [-0.4, -0.2) is 15.0 Å². The number of rotatable bonds is 4. The van der Waals surface area contributed by atoms with Gasteiger partial charge in [0.25, 0.3) is 5.69 Å². The second-order valence-corrected chi connectivity index (χ2v) is 3.66. The van der Waals surface area contributed by atoms with Crippen molar-refractivity contribution in [2.45, 2.75) is 6.54 Å². The van der Waals surface area contributed by atoms with Crippen molar-refractivity contribution < 1.29 is 10.0 Å². The first kappa shape index (κ1) is 12.6. The molecule has 0 amide bonds. The Morgan fingerprint density at radius 2 is 2.16 bits per heavy atom. The number of nitro benzene ring substituents is 1. The van der Waals surface area contributed by atoms with Crippen molar-refractivity contribution in [2.24, 2.45) is 10.2 Å². The highest BCUT2D eigenvalue weighted by atomic mass is 16.6. The molecule has 7 heteroatoms. The zero-order valence-corrected chi connectivity index (χ0v) is 9.80. The first-order valence-corrected chi connectivity index (χ1v) is 5.41. The van der Waals surface area contributed by atoms with Crippen LogP contribution < -0.4 is 0 Å². The van der Waals surface area contributed by atoms with Crippen molar-refractivity contribution in [2.75, 3.05) is 0 Å². The van der Waals surface area contributed by atoms with E-state index in [1.807, 2.05) is 0 Å². The number of phenolic OH excluding ortho intramolecular Hbond substituents is 1. The van der Waals surface area contributed by atoms with Crippen LogP contribution in [-0.2, 0) is 6.54 Å². The maximum absolute atomic E-state index is 10.6. The molecule has 0 spiro atoms. The predicted octanol–water partition coefficient (Wildman–Crippen LogP) is 2.98. The maximum atomic E-state index is 10.6. The van der Waals surface area contributed by atoms with Gasteiger partial charge in [0.15, 0.2) is 5.82 Å². The van der Waals surface area contributed by atoms with Crippen molar-refractivity contribution in [1.82, 2.24) is 4.98 Å². The summed E-state index contributed by atoms with van der Waals surface area (Å²) in [5.41, 5.74) is 0.245. The molecule has 0 saturated carbocycles. The second-order valence-electron chi connectivity index (χ2n) is 3.66. The minimum Gasteiger partial charge on any atom is -0.508 e. The molecular weight excluding hydrogens is 248 g/mol. The van der Waals surface area contributed by atoms with Crippen LogP contribution in [0.2, 0.25) is 0 Å². The molecule has 0 bridgehead atoms. The Labute approximate surface area is 108 Å². The molecule has 0 unspecified atom stereocenters. The van der Waals surface area contributed by atoms with E-state index >= 15 is 0 Å². The van der Waals surface area contributed by atoms with Gasteiger partial charge in [0.05, 0.1) is 11.5 Å². The van der Waals surface area contributed by atoms with Crippen LogP contribution in [0.5, 0.6) is 5.75 Å². The fourth-order valence-corrected chi connectivity index (χ4v) is 1.41. The third-order valence-corrected chi connectivity index (χ3v) is 2.34. The van der Waals surface area contributed by atoms with E-state index in [-0.39, 0.29) is 18.0 Å². The molecule has 0 aliphatic heterocycles. The van der Waals surface area contributed by atoms with Crippen molar-refractivity contribution in [3.63, 3.8) is 0 Å². The van der Waals surface area contributed by atoms with Gasteiger partial charge in [0, 0.05) is 23.9 Å². The molecule has 1 aromatic heterocycles. The van der Waals surface area contributed by atoms with Gasteiger partial charge in [0.1, 0.15) is 5.75 Å². The Morgan fingerprint density at radius 3 is 2.84 bits per heavy atom. The van der Waals surface area contributed by atoms with Crippen LogP contribution in [0, 0.1) is 10.1 Å². The molecule has 0 atom stereocenters. The normalized spacial score (nSPS) is 10.7. The Kier molecular flexibility index (Phi) is 3.77. The lowest BCUT2D eigenvalue weighted by Crippen LogP contribution is -1.90. The minimum atomic E-state index is -0.529. The number of pyridine rings is 1. The SMILES string of the molecule is O=[N+]([O-])c1ccc(O)c(CN=Nc2ccccn2)c1. The number of aromatic nitrogens is 1. The summed E-state index contributed by atoms with van der Waals surface area (Å²) in [5.74, 6) is 0.387. The van der Waals surface area contributed by atoms with Crippen LogP contribution in [0.3, 0.4) is 0 Å². The Balaban J connectivity index is 2.13. The first-order chi connectivity index (χ1) is 9.16. The van der Waals surface area contributed by atoms with E-state index in [0.717, 1.165) is 0 Å². The van der Waals surface area contributed by atoms with Gasteiger partial charge < -0.3 is 5.11 Å². The van der Waals surface area contributed by atoms with E-state index in [1.54, 1.807) is 24.4 Å². The number of nitro groups is 1. The van der Waals surface area contributed by atoms with Crippen molar-refractivity contribution in [3.05, 3.63) is 58.3 Å². The van der Waals surface area contributed by atoms with E-state index < -0.39 is 4.92 Å². The topological polar surface area (TPSA) is 101 Å². The van der Waals surface area contributed by atoms with Gasteiger partial charge in [-0.05, 0) is 18.2 Å². The van der Waals surface area contributed by atoms with Gasteiger partial charge in [0.2, 0.25) is 0 Å². The Bertz CT molecular complexity index is 614. The fourth-order valence-electron chi connectivity index (χ4n) is 1.41. The summed E-state index contributed by atoms with van der Waals surface area (Å²) in [4.78, 5) is 14.0. The predicted molar refractivity (Wildman–Crippen MR) is 67.2 cm³/mol. The van der Waals surface area contributed by atoms with Crippen LogP contribution >= 0.6 is 0 Å². The van der Waals surface area contributed by atoms with Crippen molar-refractivity contribution in [3.8, 4) is 5.75 Å². The van der Waals surface area contributed by atoms with Crippen LogP contribution in [0.4, 0.5) is 11.5 Å². The lowest BCUT2D eigenvalue weighted by molar-refractivity contribution is -0.384. The highest BCUT2D eigenvalue weighted by Crippen LogP contribution is 2.23. The molecule has 2 aromatic rings. The highest BCUT2D eigenvalue weighted by molar-refractivity contribution is 5.42. The van der Waals surface area contributed by atoms with Crippen LogP contribution in [0.1, 0.15) is 5.56 Å². The van der Waals surface area contributed by atoms with E-state index in [9.17, 15) is 15.2 Å². The Morgan fingerprint density at radius 1 is 1.32 bits per heavy atom. The van der Waals surface area contributed by atoms with Gasteiger partial charge in [-0.1, -0.05) is 6.07 Å². The summed E-state index contributed by atoms with van der Waals surface area (Å²) in [6, 6.07) is 8.97. The number of aromatic hydroxyl groups is 1. The largest absolute Gasteiger partial charge is 0.508 e. The van der Waals surface area contributed by atoms with E-state index in [2.05, 4.69) is 15.2 Å². The molecule has 1 N–H and O–H groups in total. The van der Waals surface area contributed by atoms with E-state index in [4.69, 9.17) is 0 Å². The van der Waals surface area contributed by atoms with Gasteiger partial charge >= 0.3 is 0 Å². The standard InChI is InChI=1S/C12H10N4O3/c17-11-5-4-10(16(18)19)7-9(11)8-14-15-12-3-1-2-6-13-12/h1-7,17H,8H2. The first-order valence-electron chi connectivity index (χ1n) is 5.41. The molecule has 7 nitrogen and oxygen atoms in total. The molecule has 19 heavy (non-hydrogen) atoms. The minimum absolute atomic E-state index is 0.0457. The molecule has 0 saturated heterocycles. The molecule has 2 rings (SSSR count). The molecule has 0 aliphatic carbocycles. The molecule has 1 heterocycles. The number of hydrogen-bond acceptors (Lipinski definition) is 6. The average Bonchev–Trinajstić information content (AvgIpc) is 2.42. The van der Waals surface area contributed by atoms with E-state index in [0.29, 0.717) is 11.4 Å². The molecule has 0 aliphatic rings. The third-order valence-electron chi connectivity index (χ3n) is 2.34. The van der Waals surface area contributed by atoms with Crippen molar-refractivity contribution >= 4 is 11.5 Å². The summed E-state index contributed by atoms with van der Waals surface area (Å²) < 4.78 is 0. The van der Waals surface area contributed by atoms with Gasteiger partial charge in [-0.2, -0.15) is 5.11 Å². The number of non-ortho nitro benzene ring substituents is 1. The summed E-state index contributed by atoms with van der Waals surface area (Å²) in [6.45, 7) is 0.0457. The highest BCUT2D eigenvalue weighted by Gasteiger charge is 2.09. The zero-order valence-electron chi connectivity index (χ0n) is 9.80. The van der Waals surface area contributed by atoms with Gasteiger partial charge in [-0.3, -0.25) is 10.1 Å². The monoisotopic (exact) mass is 258 g/mol. The number of phenols is 1. The number of nitrogens with zero attached hydrogens (tertiary/aromatic N) is 4. The Hall–Kier alpha value is -2.83. The summed E-state index contributed by atoms with van der Waals surface area (Å²) in [7, 11) is 0. The van der Waals surface area contributed by atoms with E-state index in [1.165, 1.54) is 18.2 Å². The quantitative estimate of drug-likeness (QED) is 0.517. The number of azo groups is 1. The smallest absolute Gasteiger partial charge is 0.270 e. The molecule has 0 radical (unpaired) electrons. The summed E-state index contributed by atoms with van der Waals surface area (Å²) >= 11 is 0. The summed E-state index contributed by atoms with van der Waals surface area (Å²) in [5, 5.41) is 27.9. The molecular formula is C12H10N4O3. The summed E-state index contributed by atoms with van der Waals surface area (Å²) in [6.07, 6.45) is 1.58. The van der Waals surface area contributed by atoms with Gasteiger partial charge in [-0.15, -0.1) is 5.11 Å².